The summed E-state index contributed by atoms with van der Waals surface area (Å²) < 4.78 is 6.94. The fourth-order valence-electron chi connectivity index (χ4n) is 3.92. The SMILES string of the molecule is CN1/C(=C\C(=O)COC(=O)c2ccc(Cn3cncn3)cc2)C(C)(C)c2ccccc21. The molecular weight excluding hydrogens is 392 g/mol. The summed E-state index contributed by atoms with van der Waals surface area (Å²) in [5.74, 6) is -0.778. The van der Waals surface area contributed by atoms with E-state index in [2.05, 4.69) is 30.0 Å². The first-order chi connectivity index (χ1) is 14.9. The van der Waals surface area contributed by atoms with Crippen molar-refractivity contribution >= 4 is 17.4 Å². The van der Waals surface area contributed by atoms with Crippen LogP contribution in [0.1, 0.15) is 35.3 Å². The van der Waals surface area contributed by atoms with Gasteiger partial charge in [0.25, 0.3) is 0 Å². The highest BCUT2D eigenvalue weighted by molar-refractivity contribution is 5.96. The minimum atomic E-state index is -0.527. The van der Waals surface area contributed by atoms with Gasteiger partial charge < -0.3 is 9.64 Å². The lowest BCUT2D eigenvalue weighted by molar-refractivity contribution is -0.117. The number of carbonyl (C=O) groups is 2. The number of aromatic nitrogens is 3. The molecule has 0 radical (unpaired) electrons. The standard InChI is InChI=1S/C24H24N4O3/c1-24(2)20-6-4-5-7-21(20)27(3)22(24)12-19(29)14-31-23(30)18-10-8-17(9-11-18)13-28-16-25-15-26-28/h4-12,15-16H,13-14H2,1-3H3/b22-12-. The van der Waals surface area contributed by atoms with E-state index in [4.69, 9.17) is 4.74 Å². The maximum absolute atomic E-state index is 12.6. The monoisotopic (exact) mass is 416 g/mol. The largest absolute Gasteiger partial charge is 0.454 e. The Bertz CT molecular complexity index is 1130. The number of carbonyl (C=O) groups excluding carboxylic acids is 2. The first-order valence-electron chi connectivity index (χ1n) is 10.0. The number of allylic oxidation sites excluding steroid dienone is 1. The zero-order chi connectivity index (χ0) is 22.0. The number of fused-ring (bicyclic) bond motifs is 1. The average Bonchev–Trinajstić information content (AvgIpc) is 3.34. The van der Waals surface area contributed by atoms with Crippen LogP contribution in [0.25, 0.3) is 0 Å². The number of ether oxygens (including phenoxy) is 1. The topological polar surface area (TPSA) is 77.3 Å². The van der Waals surface area contributed by atoms with Crippen LogP contribution in [0.15, 0.2) is 73.0 Å². The van der Waals surface area contributed by atoms with Crippen molar-refractivity contribution in [2.24, 2.45) is 0 Å². The van der Waals surface area contributed by atoms with Crippen LogP contribution in [0.4, 0.5) is 5.69 Å². The van der Waals surface area contributed by atoms with E-state index >= 15 is 0 Å². The third-order valence-electron chi connectivity index (χ3n) is 5.58. The molecule has 158 valence electrons. The van der Waals surface area contributed by atoms with Crippen LogP contribution < -0.4 is 4.90 Å². The first-order valence-corrected chi connectivity index (χ1v) is 10.0. The van der Waals surface area contributed by atoms with Crippen LogP contribution in [0.2, 0.25) is 0 Å². The number of anilines is 1. The Morgan fingerprint density at radius 3 is 2.52 bits per heavy atom. The van der Waals surface area contributed by atoms with Crippen LogP contribution in [0.5, 0.6) is 0 Å². The van der Waals surface area contributed by atoms with E-state index in [0.717, 1.165) is 16.9 Å². The highest BCUT2D eigenvalue weighted by Crippen LogP contribution is 2.46. The summed E-state index contributed by atoms with van der Waals surface area (Å²) in [7, 11) is 1.94. The lowest BCUT2D eigenvalue weighted by atomic mass is 9.83. The van der Waals surface area contributed by atoms with Gasteiger partial charge in [0.1, 0.15) is 12.7 Å². The molecule has 7 nitrogen and oxygen atoms in total. The molecule has 1 aromatic heterocycles. The maximum Gasteiger partial charge on any atom is 0.338 e. The minimum absolute atomic E-state index is 0.251. The summed E-state index contributed by atoms with van der Waals surface area (Å²) in [4.78, 5) is 30.8. The quantitative estimate of drug-likeness (QED) is 0.453. The molecule has 0 aliphatic carbocycles. The lowest BCUT2D eigenvalue weighted by Crippen LogP contribution is -2.25. The van der Waals surface area contributed by atoms with Crippen molar-refractivity contribution in [3.63, 3.8) is 0 Å². The van der Waals surface area contributed by atoms with Gasteiger partial charge in [-0.15, -0.1) is 0 Å². The molecule has 31 heavy (non-hydrogen) atoms. The van der Waals surface area contributed by atoms with Gasteiger partial charge in [-0.2, -0.15) is 5.10 Å². The zero-order valence-corrected chi connectivity index (χ0v) is 17.8. The normalized spacial score (nSPS) is 15.7. The number of benzene rings is 2. The molecule has 3 aromatic rings. The molecule has 0 spiro atoms. The van der Waals surface area contributed by atoms with Gasteiger partial charge in [-0.3, -0.25) is 4.79 Å². The summed E-state index contributed by atoms with van der Waals surface area (Å²) in [6.45, 7) is 4.43. The highest BCUT2D eigenvalue weighted by atomic mass is 16.5. The molecule has 0 amide bonds. The van der Waals surface area contributed by atoms with Crippen molar-refractivity contribution in [2.45, 2.75) is 25.8 Å². The molecule has 1 aliphatic heterocycles. The molecule has 2 aromatic carbocycles. The summed E-state index contributed by atoms with van der Waals surface area (Å²) in [6.07, 6.45) is 4.68. The van der Waals surface area contributed by atoms with E-state index < -0.39 is 5.97 Å². The van der Waals surface area contributed by atoms with Crippen molar-refractivity contribution < 1.29 is 14.3 Å². The molecule has 7 heteroatoms. The van der Waals surface area contributed by atoms with Gasteiger partial charge in [-0.05, 0) is 29.3 Å². The van der Waals surface area contributed by atoms with E-state index in [1.165, 1.54) is 11.9 Å². The fourth-order valence-corrected chi connectivity index (χ4v) is 3.92. The number of likely N-dealkylation sites (N-methyl/N-ethyl adjacent to an activating group) is 1. The molecule has 0 N–H and O–H groups in total. The van der Waals surface area contributed by atoms with Crippen molar-refractivity contribution in [1.29, 1.82) is 0 Å². The van der Waals surface area contributed by atoms with Gasteiger partial charge in [0.15, 0.2) is 12.4 Å². The van der Waals surface area contributed by atoms with Crippen LogP contribution in [0, 0.1) is 0 Å². The summed E-state index contributed by atoms with van der Waals surface area (Å²) in [5.41, 5.74) is 4.20. The van der Waals surface area contributed by atoms with E-state index in [-0.39, 0.29) is 17.8 Å². The molecule has 1 aliphatic rings. The van der Waals surface area contributed by atoms with Crippen LogP contribution in [0.3, 0.4) is 0 Å². The number of para-hydroxylation sites is 1. The van der Waals surface area contributed by atoms with Gasteiger partial charge in [0.2, 0.25) is 0 Å². The van der Waals surface area contributed by atoms with Gasteiger partial charge >= 0.3 is 5.97 Å². The first kappa shape index (κ1) is 20.5. The Hall–Kier alpha value is -3.74. The van der Waals surface area contributed by atoms with Crippen molar-refractivity contribution in [3.05, 3.63) is 89.6 Å². The van der Waals surface area contributed by atoms with Crippen molar-refractivity contribution in [2.75, 3.05) is 18.6 Å². The lowest BCUT2D eigenvalue weighted by Gasteiger charge is -2.23. The molecule has 0 unspecified atom stereocenters. The predicted molar refractivity (Wildman–Crippen MR) is 117 cm³/mol. The average molecular weight is 416 g/mol. The van der Waals surface area contributed by atoms with E-state index in [9.17, 15) is 9.59 Å². The minimum Gasteiger partial charge on any atom is -0.454 e. The Morgan fingerprint density at radius 1 is 1.10 bits per heavy atom. The number of ketones is 1. The van der Waals surface area contributed by atoms with E-state index in [1.807, 2.05) is 42.3 Å². The number of hydrogen-bond donors (Lipinski definition) is 0. The molecule has 4 rings (SSSR count). The smallest absolute Gasteiger partial charge is 0.338 e. The van der Waals surface area contributed by atoms with Crippen molar-refractivity contribution in [3.8, 4) is 0 Å². The summed E-state index contributed by atoms with van der Waals surface area (Å²) >= 11 is 0. The summed E-state index contributed by atoms with van der Waals surface area (Å²) in [5, 5.41) is 4.06. The summed E-state index contributed by atoms with van der Waals surface area (Å²) in [6, 6.07) is 15.1. The molecule has 0 saturated heterocycles. The van der Waals surface area contributed by atoms with E-state index in [0.29, 0.717) is 12.1 Å². The van der Waals surface area contributed by atoms with Crippen LogP contribution >= 0.6 is 0 Å². The Labute approximate surface area is 181 Å². The molecule has 2 heterocycles. The second-order valence-corrected chi connectivity index (χ2v) is 8.06. The molecule has 0 saturated carbocycles. The molecular formula is C24H24N4O3. The Kier molecular flexibility index (Phi) is 5.42. The van der Waals surface area contributed by atoms with Crippen LogP contribution in [-0.2, 0) is 21.5 Å². The van der Waals surface area contributed by atoms with Gasteiger partial charge in [-0.1, -0.05) is 44.2 Å². The fraction of sp³-hybridized carbons (Fsp3) is 0.250. The van der Waals surface area contributed by atoms with Crippen molar-refractivity contribution in [1.82, 2.24) is 14.8 Å². The highest BCUT2D eigenvalue weighted by Gasteiger charge is 2.38. The van der Waals surface area contributed by atoms with Gasteiger partial charge in [0, 0.05) is 29.9 Å². The third-order valence-corrected chi connectivity index (χ3v) is 5.58. The number of esters is 1. The van der Waals surface area contributed by atoms with Gasteiger partial charge in [-0.25, -0.2) is 14.5 Å². The maximum atomic E-state index is 12.6. The third kappa shape index (κ3) is 4.12. The molecule has 0 fully saturated rings. The van der Waals surface area contributed by atoms with E-state index in [1.54, 1.807) is 29.2 Å². The van der Waals surface area contributed by atoms with Gasteiger partial charge in [0.05, 0.1) is 12.1 Å². The van der Waals surface area contributed by atoms with Crippen LogP contribution in [-0.4, -0.2) is 40.2 Å². The second kappa shape index (κ2) is 8.18. The molecule has 0 atom stereocenters. The Morgan fingerprint density at radius 2 is 1.84 bits per heavy atom. The number of hydrogen-bond acceptors (Lipinski definition) is 6. The number of nitrogens with zero attached hydrogens (tertiary/aromatic N) is 4. The number of rotatable bonds is 6. The Balaban J connectivity index is 1.38. The molecule has 0 bridgehead atoms. The second-order valence-electron chi connectivity index (χ2n) is 8.06. The zero-order valence-electron chi connectivity index (χ0n) is 17.8. The predicted octanol–water partition coefficient (Wildman–Crippen LogP) is 3.36.